The average molecular weight is 474 g/mol. The van der Waals surface area contributed by atoms with E-state index < -0.39 is 0 Å². The number of pyridine rings is 1. The lowest BCUT2D eigenvalue weighted by molar-refractivity contribution is 0.292. The van der Waals surface area contributed by atoms with Gasteiger partial charge in [0.1, 0.15) is 11.6 Å². The van der Waals surface area contributed by atoms with Gasteiger partial charge >= 0.3 is 0 Å². The zero-order valence-corrected chi connectivity index (χ0v) is 20.1. The highest BCUT2D eigenvalue weighted by Crippen LogP contribution is 2.36. The van der Waals surface area contributed by atoms with Crippen molar-refractivity contribution in [1.29, 1.82) is 0 Å². The quantitative estimate of drug-likeness (QED) is 0.519. The summed E-state index contributed by atoms with van der Waals surface area (Å²) in [5.41, 5.74) is 3.00. The van der Waals surface area contributed by atoms with Gasteiger partial charge in [0.25, 0.3) is 0 Å². The van der Waals surface area contributed by atoms with Crippen LogP contribution in [0.15, 0.2) is 48.8 Å². The Labute approximate surface area is 205 Å². The van der Waals surface area contributed by atoms with E-state index in [1.54, 1.807) is 6.20 Å². The number of hydrogen-bond donors (Lipinski definition) is 2. The van der Waals surface area contributed by atoms with Crippen LogP contribution in [0.1, 0.15) is 38.5 Å². The third-order valence-electron chi connectivity index (χ3n) is 7.70. The lowest BCUT2D eigenvalue weighted by Crippen LogP contribution is -2.44. The zero-order valence-electron chi connectivity index (χ0n) is 20.1. The summed E-state index contributed by atoms with van der Waals surface area (Å²) in [6, 6.07) is 12.6. The van der Waals surface area contributed by atoms with Gasteiger partial charge in [0.2, 0.25) is 5.95 Å². The van der Waals surface area contributed by atoms with E-state index in [1.807, 2.05) is 36.5 Å². The first kappa shape index (κ1) is 22.2. The summed E-state index contributed by atoms with van der Waals surface area (Å²) in [4.78, 5) is 18.1. The van der Waals surface area contributed by atoms with Crippen molar-refractivity contribution in [3.8, 4) is 11.3 Å². The number of fused-ring (bicyclic) bond motifs is 2. The summed E-state index contributed by atoms with van der Waals surface area (Å²) in [6.45, 7) is 1.89. The summed E-state index contributed by atoms with van der Waals surface area (Å²) >= 11 is 0. The smallest absolute Gasteiger partial charge is 0.227 e. The normalized spacial score (nSPS) is 22.5. The van der Waals surface area contributed by atoms with Crippen LogP contribution in [0, 0.1) is 5.82 Å². The van der Waals surface area contributed by atoms with Crippen molar-refractivity contribution in [1.82, 2.24) is 19.9 Å². The molecule has 4 heterocycles. The molecule has 0 amide bonds. The molecule has 3 aliphatic rings. The maximum Gasteiger partial charge on any atom is 0.227 e. The first-order chi connectivity index (χ1) is 17.1. The first-order valence-corrected chi connectivity index (χ1v) is 12.7. The van der Waals surface area contributed by atoms with Crippen LogP contribution < -0.4 is 15.5 Å². The van der Waals surface area contributed by atoms with Crippen molar-refractivity contribution >= 4 is 23.1 Å². The Morgan fingerprint density at radius 3 is 2.57 bits per heavy atom. The SMILES string of the molecule is CN1C[C@@H]2C[C@H]1CN2c1ccc(Nc2nccc(-c3ccc(NC4CCCCC4)nc3)n2)cc1F. The molecular weight excluding hydrogens is 441 g/mol. The Hall–Kier alpha value is -3.26. The van der Waals surface area contributed by atoms with Crippen LogP contribution in [0.3, 0.4) is 0 Å². The fourth-order valence-electron chi connectivity index (χ4n) is 5.77. The molecule has 1 aliphatic carbocycles. The zero-order chi connectivity index (χ0) is 23.8. The summed E-state index contributed by atoms with van der Waals surface area (Å²) in [5.74, 6) is 1.12. The van der Waals surface area contributed by atoms with Gasteiger partial charge in [0.15, 0.2) is 0 Å². The number of halogens is 1. The minimum atomic E-state index is -0.216. The molecule has 0 radical (unpaired) electrons. The maximum atomic E-state index is 15.0. The second kappa shape index (κ2) is 9.41. The van der Waals surface area contributed by atoms with E-state index in [9.17, 15) is 0 Å². The van der Waals surface area contributed by atoms with E-state index in [2.05, 4.69) is 42.4 Å². The number of rotatable bonds is 6. The Kier molecular flexibility index (Phi) is 5.98. The van der Waals surface area contributed by atoms with Crippen LogP contribution >= 0.6 is 0 Å². The highest BCUT2D eigenvalue weighted by atomic mass is 19.1. The third kappa shape index (κ3) is 4.67. The van der Waals surface area contributed by atoms with Gasteiger partial charge in [0, 0.05) is 54.9 Å². The van der Waals surface area contributed by atoms with Gasteiger partial charge in [-0.15, -0.1) is 0 Å². The molecule has 8 heteroatoms. The highest BCUT2D eigenvalue weighted by Gasteiger charge is 2.42. The van der Waals surface area contributed by atoms with Crippen molar-refractivity contribution in [3.63, 3.8) is 0 Å². The van der Waals surface area contributed by atoms with E-state index in [0.717, 1.165) is 36.6 Å². The van der Waals surface area contributed by atoms with Gasteiger partial charge in [-0.1, -0.05) is 19.3 Å². The van der Waals surface area contributed by atoms with Crippen molar-refractivity contribution in [3.05, 3.63) is 54.6 Å². The fraction of sp³-hybridized carbons (Fsp3) is 0.444. The molecule has 2 aromatic heterocycles. The summed E-state index contributed by atoms with van der Waals surface area (Å²) in [5, 5.41) is 6.70. The van der Waals surface area contributed by atoms with E-state index in [4.69, 9.17) is 0 Å². The monoisotopic (exact) mass is 473 g/mol. The third-order valence-corrected chi connectivity index (χ3v) is 7.70. The van der Waals surface area contributed by atoms with Crippen LogP contribution in [0.2, 0.25) is 0 Å². The van der Waals surface area contributed by atoms with Crippen LogP contribution in [-0.2, 0) is 0 Å². The molecule has 3 aromatic rings. The van der Waals surface area contributed by atoms with Crippen molar-refractivity contribution in [2.24, 2.45) is 0 Å². The Morgan fingerprint density at radius 1 is 0.971 bits per heavy atom. The van der Waals surface area contributed by atoms with Crippen molar-refractivity contribution in [2.45, 2.75) is 56.7 Å². The van der Waals surface area contributed by atoms with Gasteiger partial charge in [-0.25, -0.2) is 19.3 Å². The van der Waals surface area contributed by atoms with Crippen LogP contribution in [0.25, 0.3) is 11.3 Å². The molecule has 3 fully saturated rings. The predicted molar refractivity (Wildman–Crippen MR) is 138 cm³/mol. The van der Waals surface area contributed by atoms with Gasteiger partial charge in [-0.2, -0.15) is 0 Å². The molecule has 35 heavy (non-hydrogen) atoms. The van der Waals surface area contributed by atoms with E-state index in [1.165, 1.54) is 38.2 Å². The lowest BCUT2D eigenvalue weighted by atomic mass is 9.95. The van der Waals surface area contributed by atoms with Crippen LogP contribution in [0.4, 0.5) is 27.5 Å². The molecule has 2 aliphatic heterocycles. The van der Waals surface area contributed by atoms with E-state index in [0.29, 0.717) is 35.4 Å². The summed E-state index contributed by atoms with van der Waals surface area (Å²) in [7, 11) is 2.15. The number of nitrogens with zero attached hydrogens (tertiary/aromatic N) is 5. The summed E-state index contributed by atoms with van der Waals surface area (Å²) in [6.07, 6.45) is 11.0. The summed E-state index contributed by atoms with van der Waals surface area (Å²) < 4.78 is 15.0. The predicted octanol–water partition coefficient (Wildman–Crippen LogP) is 5.06. The molecule has 2 N–H and O–H groups in total. The molecular formula is C27H32FN7. The number of likely N-dealkylation sites (N-methyl/N-ethyl adjacent to an activating group) is 1. The topological polar surface area (TPSA) is 69.2 Å². The van der Waals surface area contributed by atoms with Gasteiger partial charge in [-0.3, -0.25) is 4.90 Å². The highest BCUT2D eigenvalue weighted by molar-refractivity contribution is 5.64. The molecule has 6 rings (SSSR count). The van der Waals surface area contributed by atoms with Gasteiger partial charge < -0.3 is 15.5 Å². The van der Waals surface area contributed by atoms with Gasteiger partial charge in [-0.05, 0) is 62.7 Å². The van der Waals surface area contributed by atoms with Gasteiger partial charge in [0.05, 0.1) is 11.4 Å². The van der Waals surface area contributed by atoms with Crippen LogP contribution in [0.5, 0.6) is 0 Å². The number of aromatic nitrogens is 3. The number of likely N-dealkylation sites (tertiary alicyclic amines) is 1. The van der Waals surface area contributed by atoms with Crippen molar-refractivity contribution < 1.29 is 4.39 Å². The molecule has 1 saturated carbocycles. The molecule has 182 valence electrons. The molecule has 2 saturated heterocycles. The number of nitrogens with one attached hydrogen (secondary N) is 2. The minimum absolute atomic E-state index is 0.216. The fourth-order valence-corrected chi connectivity index (χ4v) is 5.77. The minimum Gasteiger partial charge on any atom is -0.367 e. The Bertz CT molecular complexity index is 1180. The first-order valence-electron chi connectivity index (χ1n) is 12.7. The molecule has 7 nitrogen and oxygen atoms in total. The molecule has 1 aromatic carbocycles. The molecule has 2 bridgehead atoms. The molecule has 2 atom stereocenters. The Morgan fingerprint density at radius 2 is 1.86 bits per heavy atom. The van der Waals surface area contributed by atoms with E-state index in [-0.39, 0.29) is 5.82 Å². The second-order valence-corrected chi connectivity index (χ2v) is 10.1. The Balaban J connectivity index is 1.13. The maximum absolute atomic E-state index is 15.0. The average Bonchev–Trinajstić information content (AvgIpc) is 3.45. The molecule has 0 spiro atoms. The standard InChI is InChI=1S/C27H32FN7/c1-34-16-22-14-21(34)17-35(22)25-9-8-20(13-23(25)28)32-27-29-12-11-24(33-27)18-7-10-26(30-15-18)31-19-5-3-2-4-6-19/h7-13,15,19,21-22H,2-6,14,16-17H2,1H3,(H,30,31)(H,29,32,33)/t21-,22-/m0/s1. The van der Waals surface area contributed by atoms with Crippen molar-refractivity contribution in [2.75, 3.05) is 35.7 Å². The number of piperazine rings is 1. The number of hydrogen-bond acceptors (Lipinski definition) is 7. The number of benzene rings is 1. The second-order valence-electron chi connectivity index (χ2n) is 10.1. The molecule has 0 unspecified atom stereocenters. The number of anilines is 4. The largest absolute Gasteiger partial charge is 0.367 e. The lowest BCUT2D eigenvalue weighted by Gasteiger charge is -2.33. The van der Waals surface area contributed by atoms with Crippen LogP contribution in [-0.4, -0.2) is 58.1 Å². The van der Waals surface area contributed by atoms with E-state index >= 15 is 4.39 Å².